The van der Waals surface area contributed by atoms with Crippen molar-refractivity contribution >= 4 is 28.4 Å². The quantitative estimate of drug-likeness (QED) is 0.745. The molecule has 0 saturated carbocycles. The van der Waals surface area contributed by atoms with Crippen molar-refractivity contribution in [2.75, 3.05) is 56.7 Å². The number of carbonyl (C=O) groups excluding carboxylic acids is 1. The van der Waals surface area contributed by atoms with E-state index >= 15 is 0 Å². The predicted octanol–water partition coefficient (Wildman–Crippen LogP) is 2.06. The lowest BCUT2D eigenvalue weighted by atomic mass is 10.2. The van der Waals surface area contributed by atoms with Crippen LogP contribution in [0.5, 0.6) is 5.75 Å². The normalized spacial score (nSPS) is 15.2. The van der Waals surface area contributed by atoms with Gasteiger partial charge in [-0.1, -0.05) is 0 Å². The van der Waals surface area contributed by atoms with Crippen molar-refractivity contribution < 1.29 is 18.3 Å². The number of ether oxygens (including phenoxy) is 1. The highest BCUT2D eigenvalue weighted by molar-refractivity contribution is 7.79. The molecule has 1 fully saturated rings. The summed E-state index contributed by atoms with van der Waals surface area (Å²) in [5.74, 6) is 0.891. The molecule has 1 saturated heterocycles. The van der Waals surface area contributed by atoms with Gasteiger partial charge < -0.3 is 24.0 Å². The van der Waals surface area contributed by atoms with E-state index in [1.807, 2.05) is 53.2 Å². The summed E-state index contributed by atoms with van der Waals surface area (Å²) < 4.78 is 25.3. The van der Waals surface area contributed by atoms with Crippen LogP contribution in [0.3, 0.4) is 0 Å². The second-order valence-electron chi connectivity index (χ2n) is 6.66. The summed E-state index contributed by atoms with van der Waals surface area (Å²) in [6, 6.07) is 14.6. The molecule has 1 aliphatic rings. The number of nitrogens with zero attached hydrogens (tertiary/aromatic N) is 3. The minimum absolute atomic E-state index is 0.101. The van der Waals surface area contributed by atoms with Crippen molar-refractivity contribution in [3.05, 3.63) is 48.5 Å². The molecule has 2 aromatic rings. The van der Waals surface area contributed by atoms with E-state index in [0.717, 1.165) is 30.2 Å². The fourth-order valence-electron chi connectivity index (χ4n) is 3.22. The predicted molar refractivity (Wildman–Crippen MR) is 111 cm³/mol. The van der Waals surface area contributed by atoms with Gasteiger partial charge in [0, 0.05) is 44.6 Å². The number of rotatable bonds is 6. The third-order valence-electron chi connectivity index (χ3n) is 4.92. The number of hydrogen-bond acceptors (Lipinski definition) is 5. The molecule has 1 amide bonds. The van der Waals surface area contributed by atoms with Crippen molar-refractivity contribution in [1.29, 1.82) is 0 Å². The van der Waals surface area contributed by atoms with Gasteiger partial charge in [0.2, 0.25) is 5.91 Å². The van der Waals surface area contributed by atoms with E-state index in [1.54, 1.807) is 19.2 Å². The van der Waals surface area contributed by atoms with Crippen molar-refractivity contribution in [3.8, 4) is 5.75 Å². The van der Waals surface area contributed by atoms with Gasteiger partial charge in [-0.25, -0.2) is 4.21 Å². The number of carbonyl (C=O) groups is 1. The molecule has 0 spiro atoms. The van der Waals surface area contributed by atoms with Crippen LogP contribution in [0.4, 0.5) is 11.4 Å². The van der Waals surface area contributed by atoms with E-state index in [2.05, 4.69) is 4.90 Å². The van der Waals surface area contributed by atoms with Crippen molar-refractivity contribution in [3.63, 3.8) is 0 Å². The fraction of sp³-hybridized carbons (Fsp3) is 0.350. The Morgan fingerprint density at radius 2 is 1.68 bits per heavy atom. The summed E-state index contributed by atoms with van der Waals surface area (Å²) in [6.07, 6.45) is 0. The van der Waals surface area contributed by atoms with E-state index in [4.69, 9.17) is 9.29 Å². The summed E-state index contributed by atoms with van der Waals surface area (Å²) in [7, 11) is 3.53. The molecule has 1 aliphatic heterocycles. The number of methoxy groups -OCH3 is 1. The van der Waals surface area contributed by atoms with Crippen LogP contribution in [0, 0.1) is 0 Å². The van der Waals surface area contributed by atoms with E-state index in [9.17, 15) is 9.00 Å². The van der Waals surface area contributed by atoms with Gasteiger partial charge in [-0.15, -0.1) is 0 Å². The summed E-state index contributed by atoms with van der Waals surface area (Å²) in [4.78, 5) is 19.0. The van der Waals surface area contributed by atoms with E-state index in [-0.39, 0.29) is 5.91 Å². The molecule has 0 aliphatic carbocycles. The van der Waals surface area contributed by atoms with Gasteiger partial charge in [0.1, 0.15) is 5.75 Å². The number of amides is 1. The van der Waals surface area contributed by atoms with Crippen LogP contribution >= 0.6 is 0 Å². The molecule has 1 unspecified atom stereocenters. The smallest absolute Gasteiger partial charge is 0.242 e. The Kier molecular flexibility index (Phi) is 6.53. The molecule has 0 bridgehead atoms. The lowest BCUT2D eigenvalue weighted by Gasteiger charge is -2.37. The Bertz CT molecular complexity index is 818. The molecular weight excluding hydrogens is 378 g/mol. The largest absolute Gasteiger partial charge is 0.497 e. The minimum atomic E-state index is -1.96. The van der Waals surface area contributed by atoms with E-state index in [0.29, 0.717) is 24.5 Å². The van der Waals surface area contributed by atoms with Gasteiger partial charge in [-0.05, 0) is 48.5 Å². The number of hydrogen-bond donors (Lipinski definition) is 1. The molecule has 3 rings (SSSR count). The van der Waals surface area contributed by atoms with Gasteiger partial charge >= 0.3 is 0 Å². The number of anilines is 2. The molecule has 0 radical (unpaired) electrons. The van der Waals surface area contributed by atoms with E-state index < -0.39 is 11.1 Å². The molecule has 2 aromatic carbocycles. The number of likely N-dealkylation sites (N-methyl/N-ethyl adjacent to an activating group) is 1. The molecule has 1 heterocycles. The van der Waals surface area contributed by atoms with Gasteiger partial charge in [-0.2, -0.15) is 0 Å². The fourth-order valence-corrected chi connectivity index (χ4v) is 3.59. The topological polar surface area (TPSA) is 73.3 Å². The van der Waals surface area contributed by atoms with Crippen LogP contribution in [0.25, 0.3) is 0 Å². The van der Waals surface area contributed by atoms with Crippen molar-refractivity contribution in [2.45, 2.75) is 4.90 Å². The molecule has 1 atom stereocenters. The maximum Gasteiger partial charge on any atom is 0.242 e. The average molecular weight is 404 g/mol. The molecule has 0 aromatic heterocycles. The van der Waals surface area contributed by atoms with E-state index in [1.165, 1.54) is 0 Å². The maximum absolute atomic E-state index is 12.6. The average Bonchev–Trinajstić information content (AvgIpc) is 2.74. The molecule has 8 heteroatoms. The van der Waals surface area contributed by atoms with Crippen molar-refractivity contribution in [1.82, 2.24) is 4.90 Å². The zero-order valence-corrected chi connectivity index (χ0v) is 16.9. The summed E-state index contributed by atoms with van der Waals surface area (Å²) >= 11 is -1.96. The Morgan fingerprint density at radius 1 is 1.07 bits per heavy atom. The second kappa shape index (κ2) is 9.07. The monoisotopic (exact) mass is 403 g/mol. The second-order valence-corrected chi connectivity index (χ2v) is 7.63. The molecule has 28 heavy (non-hydrogen) atoms. The van der Waals surface area contributed by atoms with Gasteiger partial charge in [0.05, 0.1) is 18.6 Å². The highest BCUT2D eigenvalue weighted by Gasteiger charge is 2.22. The van der Waals surface area contributed by atoms with Gasteiger partial charge in [0.15, 0.2) is 11.1 Å². The highest BCUT2D eigenvalue weighted by Crippen LogP contribution is 2.20. The molecule has 7 nitrogen and oxygen atoms in total. The molecule has 1 N–H and O–H groups in total. The van der Waals surface area contributed by atoms with Gasteiger partial charge in [-0.3, -0.25) is 4.79 Å². The first-order valence-corrected chi connectivity index (χ1v) is 10.2. The summed E-state index contributed by atoms with van der Waals surface area (Å²) in [5.41, 5.74) is 1.96. The standard InChI is InChI=1S/C20H25N3O4S/c1-21(16-3-7-18(27-2)8-4-16)15-20(24)23-13-11-22(12-14-23)17-5-9-19(10-6-17)28(25)26/h3-10H,11-15H2,1-2H3,(H,25,26). The Balaban J connectivity index is 1.52. The Morgan fingerprint density at radius 3 is 2.21 bits per heavy atom. The first kappa shape index (κ1) is 20.2. The Hall–Kier alpha value is -2.58. The maximum atomic E-state index is 12.6. The number of benzene rings is 2. The first-order chi connectivity index (χ1) is 13.5. The van der Waals surface area contributed by atoms with Gasteiger partial charge in [0.25, 0.3) is 0 Å². The third-order valence-corrected chi connectivity index (χ3v) is 5.60. The Labute approximate surface area is 167 Å². The van der Waals surface area contributed by atoms with Crippen LogP contribution in [0.1, 0.15) is 0 Å². The highest BCUT2D eigenvalue weighted by atomic mass is 32.2. The molecular formula is C20H25N3O4S. The first-order valence-electron chi connectivity index (χ1n) is 9.07. The molecule has 150 valence electrons. The lowest BCUT2D eigenvalue weighted by Crippen LogP contribution is -2.51. The van der Waals surface area contributed by atoms with Crippen LogP contribution in [0.15, 0.2) is 53.4 Å². The summed E-state index contributed by atoms with van der Waals surface area (Å²) in [5, 5.41) is 0. The zero-order chi connectivity index (χ0) is 20.1. The minimum Gasteiger partial charge on any atom is -0.497 e. The lowest BCUT2D eigenvalue weighted by molar-refractivity contribution is -0.129. The third kappa shape index (κ3) is 4.82. The number of piperazine rings is 1. The van der Waals surface area contributed by atoms with Crippen molar-refractivity contribution in [2.24, 2.45) is 0 Å². The van der Waals surface area contributed by atoms with Crippen LogP contribution in [0.2, 0.25) is 0 Å². The summed E-state index contributed by atoms with van der Waals surface area (Å²) in [6.45, 7) is 3.11. The zero-order valence-electron chi connectivity index (χ0n) is 16.1. The SMILES string of the molecule is COc1ccc(N(C)CC(=O)N2CCN(c3ccc(S(=O)O)cc3)CC2)cc1. The van der Waals surface area contributed by atoms with Crippen LogP contribution in [-0.4, -0.2) is 66.4 Å². The van der Waals surface area contributed by atoms with Crippen LogP contribution in [-0.2, 0) is 15.9 Å². The van der Waals surface area contributed by atoms with Crippen LogP contribution < -0.4 is 14.5 Å².